The summed E-state index contributed by atoms with van der Waals surface area (Å²) in [6, 6.07) is 14.7. The van der Waals surface area contributed by atoms with Crippen molar-refractivity contribution in [3.8, 4) is 0 Å². The number of halogens is 6. The smallest absolute Gasteiger partial charge is 0.374 e. The average molecular weight is 590 g/mol. The van der Waals surface area contributed by atoms with Crippen LogP contribution in [0.1, 0.15) is 39.0 Å². The van der Waals surface area contributed by atoms with E-state index >= 15 is 0 Å². The molecule has 0 aromatic heterocycles. The maximum atomic E-state index is 14.2. The zero-order chi connectivity index (χ0) is 27.0. The van der Waals surface area contributed by atoms with Crippen LogP contribution in [0.3, 0.4) is 0 Å². The van der Waals surface area contributed by atoms with Gasteiger partial charge in [-0.25, -0.2) is 4.21 Å². The van der Waals surface area contributed by atoms with E-state index in [1.165, 1.54) is 24.3 Å². The standard InChI is InChI=1S/C25H18Cl3F3N2O3S/c1-14-8-16(4-7-21(14)23(34)33-37(35)13-15-2-5-18(26)6-3-15)22-12-24(36-32-22,25(29,30)31)17-9-19(27)11-20(28)10-17/h2-11H,12-13H2,1H3,(H,33,34). The Hall–Kier alpha value is -2.59. The van der Waals surface area contributed by atoms with Crippen molar-refractivity contribution in [2.24, 2.45) is 5.16 Å². The van der Waals surface area contributed by atoms with Crippen molar-refractivity contribution in [2.45, 2.75) is 30.9 Å². The van der Waals surface area contributed by atoms with Crippen LogP contribution in [0.25, 0.3) is 0 Å². The largest absolute Gasteiger partial charge is 0.435 e. The number of carbonyl (C=O) groups is 1. The molecule has 2 unspecified atom stereocenters. The molecule has 1 aliphatic rings. The normalized spacial score (nSPS) is 18.2. The van der Waals surface area contributed by atoms with Gasteiger partial charge in [0.05, 0.1) is 11.5 Å². The van der Waals surface area contributed by atoms with Crippen molar-refractivity contribution in [3.63, 3.8) is 0 Å². The van der Waals surface area contributed by atoms with E-state index in [-0.39, 0.29) is 32.6 Å². The van der Waals surface area contributed by atoms with Crippen LogP contribution in [-0.2, 0) is 27.2 Å². The Kier molecular flexibility index (Phi) is 7.90. The Morgan fingerprint density at radius 1 is 1.03 bits per heavy atom. The van der Waals surface area contributed by atoms with E-state index < -0.39 is 35.1 Å². The third-order valence-electron chi connectivity index (χ3n) is 5.74. The highest BCUT2D eigenvalue weighted by Gasteiger charge is 2.62. The molecule has 0 bridgehead atoms. The minimum Gasteiger partial charge on any atom is -0.374 e. The van der Waals surface area contributed by atoms with Gasteiger partial charge in [0.1, 0.15) is 11.0 Å². The Morgan fingerprint density at radius 3 is 2.27 bits per heavy atom. The summed E-state index contributed by atoms with van der Waals surface area (Å²) in [6.07, 6.45) is -5.45. The van der Waals surface area contributed by atoms with E-state index in [0.717, 1.165) is 17.7 Å². The Morgan fingerprint density at radius 2 is 1.68 bits per heavy atom. The van der Waals surface area contributed by atoms with E-state index in [0.29, 0.717) is 16.1 Å². The topological polar surface area (TPSA) is 67.8 Å². The van der Waals surface area contributed by atoms with Gasteiger partial charge in [0.25, 0.3) is 11.5 Å². The van der Waals surface area contributed by atoms with E-state index in [9.17, 15) is 22.2 Å². The van der Waals surface area contributed by atoms with Crippen LogP contribution >= 0.6 is 34.8 Å². The Labute approximate surface area is 228 Å². The van der Waals surface area contributed by atoms with Crippen LogP contribution in [0.15, 0.2) is 65.8 Å². The van der Waals surface area contributed by atoms with Crippen molar-refractivity contribution in [1.29, 1.82) is 0 Å². The summed E-state index contributed by atoms with van der Waals surface area (Å²) in [7, 11) is -1.70. The van der Waals surface area contributed by atoms with Gasteiger partial charge in [-0.15, -0.1) is 0 Å². The van der Waals surface area contributed by atoms with Crippen molar-refractivity contribution in [2.75, 3.05) is 0 Å². The summed E-state index contributed by atoms with van der Waals surface area (Å²) >= 11 is 17.7. The first kappa shape index (κ1) is 27.4. The van der Waals surface area contributed by atoms with Crippen molar-refractivity contribution in [1.82, 2.24) is 4.72 Å². The van der Waals surface area contributed by atoms with Crippen LogP contribution in [0.2, 0.25) is 15.1 Å². The second-order valence-corrected chi connectivity index (χ2v) is 10.9. The molecule has 5 nitrogen and oxygen atoms in total. The number of carbonyl (C=O) groups excluding carboxylic acids is 1. The molecular formula is C25H18Cl3F3N2O3S. The molecule has 0 fully saturated rings. The third kappa shape index (κ3) is 5.95. The lowest BCUT2D eigenvalue weighted by molar-refractivity contribution is -0.275. The minimum atomic E-state index is -4.82. The van der Waals surface area contributed by atoms with Gasteiger partial charge in [0.15, 0.2) is 0 Å². The summed E-state index contributed by atoms with van der Waals surface area (Å²) in [5.74, 6) is -0.500. The monoisotopic (exact) mass is 588 g/mol. The number of rotatable bonds is 6. The first-order chi connectivity index (χ1) is 17.4. The minimum absolute atomic E-state index is 0.0304. The molecule has 3 aromatic rings. The van der Waals surface area contributed by atoms with Gasteiger partial charge >= 0.3 is 6.18 Å². The second kappa shape index (κ2) is 10.6. The zero-order valence-electron chi connectivity index (χ0n) is 19.0. The van der Waals surface area contributed by atoms with Crippen LogP contribution < -0.4 is 4.72 Å². The molecule has 2 atom stereocenters. The molecular weight excluding hydrogens is 572 g/mol. The molecule has 0 radical (unpaired) electrons. The van der Waals surface area contributed by atoms with Gasteiger partial charge in [0.2, 0.25) is 0 Å². The fraction of sp³-hybridized carbons (Fsp3) is 0.200. The van der Waals surface area contributed by atoms with Crippen LogP contribution in [0.5, 0.6) is 0 Å². The number of hydrogen-bond acceptors (Lipinski definition) is 4. The van der Waals surface area contributed by atoms with Gasteiger partial charge < -0.3 is 4.84 Å². The number of oxime groups is 1. The SMILES string of the molecule is Cc1cc(C2=NOC(c3cc(Cl)cc(Cl)c3)(C(F)(F)F)C2)ccc1C(=O)NS(=O)Cc1ccc(Cl)cc1. The molecule has 3 aromatic carbocycles. The van der Waals surface area contributed by atoms with Crippen LogP contribution in [-0.4, -0.2) is 22.0 Å². The lowest BCUT2D eigenvalue weighted by Gasteiger charge is -2.29. The summed E-state index contributed by atoms with van der Waals surface area (Å²) < 4.78 is 57.5. The van der Waals surface area contributed by atoms with E-state index in [1.807, 2.05) is 0 Å². The molecule has 0 aliphatic carbocycles. The quantitative estimate of drug-likeness (QED) is 0.333. The summed E-state index contributed by atoms with van der Waals surface area (Å²) in [5.41, 5.74) is -1.26. The van der Waals surface area contributed by atoms with E-state index in [2.05, 4.69) is 9.88 Å². The highest BCUT2D eigenvalue weighted by Crippen LogP contribution is 2.49. The molecule has 0 saturated carbocycles. The highest BCUT2D eigenvalue weighted by atomic mass is 35.5. The molecule has 37 heavy (non-hydrogen) atoms. The predicted molar refractivity (Wildman–Crippen MR) is 138 cm³/mol. The maximum Gasteiger partial charge on any atom is 0.435 e. The number of aryl methyl sites for hydroxylation is 1. The fourth-order valence-corrected chi connectivity index (χ4v) is 5.41. The number of amides is 1. The molecule has 1 amide bonds. The van der Waals surface area contributed by atoms with Crippen LogP contribution in [0, 0.1) is 6.92 Å². The van der Waals surface area contributed by atoms with E-state index in [1.54, 1.807) is 31.2 Å². The van der Waals surface area contributed by atoms with Crippen molar-refractivity contribution in [3.05, 3.63) is 104 Å². The van der Waals surface area contributed by atoms with Crippen molar-refractivity contribution < 1.29 is 27.0 Å². The molecule has 1 aliphatic heterocycles. The zero-order valence-corrected chi connectivity index (χ0v) is 22.1. The third-order valence-corrected chi connectivity index (χ3v) is 7.43. The fourth-order valence-electron chi connectivity index (χ4n) is 3.87. The molecule has 4 rings (SSSR count). The van der Waals surface area contributed by atoms with Gasteiger partial charge in [0, 0.05) is 32.6 Å². The number of nitrogens with one attached hydrogen (secondary N) is 1. The summed E-state index contributed by atoms with van der Waals surface area (Å²) in [4.78, 5) is 17.7. The highest BCUT2D eigenvalue weighted by molar-refractivity contribution is 7.82. The summed E-state index contributed by atoms with van der Waals surface area (Å²) in [6.45, 7) is 1.62. The predicted octanol–water partition coefficient (Wildman–Crippen LogP) is 7.13. The number of alkyl halides is 3. The average Bonchev–Trinajstić information content (AvgIpc) is 3.27. The molecule has 194 valence electrons. The molecule has 1 N–H and O–H groups in total. The van der Waals surface area contributed by atoms with Gasteiger partial charge in [-0.3, -0.25) is 9.52 Å². The molecule has 0 spiro atoms. The van der Waals surface area contributed by atoms with Crippen molar-refractivity contribution >= 4 is 57.4 Å². The Bertz CT molecular complexity index is 1390. The number of hydrogen-bond donors (Lipinski definition) is 1. The maximum absolute atomic E-state index is 14.2. The van der Waals surface area contributed by atoms with Gasteiger partial charge in [-0.1, -0.05) is 58.2 Å². The second-order valence-electron chi connectivity index (χ2n) is 8.37. The van der Waals surface area contributed by atoms with Gasteiger partial charge in [-0.2, -0.15) is 13.2 Å². The molecule has 0 saturated heterocycles. The lowest BCUT2D eigenvalue weighted by Crippen LogP contribution is -2.42. The molecule has 1 heterocycles. The summed E-state index contributed by atoms with van der Waals surface area (Å²) in [5, 5.41) is 4.33. The van der Waals surface area contributed by atoms with Gasteiger partial charge in [-0.05, 0) is 66.1 Å². The Balaban J connectivity index is 1.51. The lowest BCUT2D eigenvalue weighted by atomic mass is 9.86. The first-order valence-electron chi connectivity index (χ1n) is 10.7. The number of nitrogens with zero attached hydrogens (tertiary/aromatic N) is 1. The van der Waals surface area contributed by atoms with Crippen LogP contribution in [0.4, 0.5) is 13.2 Å². The first-order valence-corrected chi connectivity index (χ1v) is 13.2. The van der Waals surface area contributed by atoms with E-state index in [4.69, 9.17) is 39.6 Å². The number of benzene rings is 3. The molecule has 12 heteroatoms.